The molecule has 0 spiro atoms. The van der Waals surface area contributed by atoms with Crippen LogP contribution in [0.1, 0.15) is 37.8 Å². The molecule has 1 unspecified atom stereocenters. The molecule has 0 fully saturated rings. The lowest BCUT2D eigenvalue weighted by molar-refractivity contribution is 0.254. The predicted molar refractivity (Wildman–Crippen MR) is 68.0 cm³/mol. The fourth-order valence-corrected chi connectivity index (χ4v) is 2.06. The standard InChI is InChI=1S/C14H19NO2/c1-3-10(2)9-17-14-6-4-5-11-12(14)7-8-13(11)15-16/h4-6,10,16H,3,7-9H2,1-2H3. The molecule has 0 radical (unpaired) electrons. The van der Waals surface area contributed by atoms with Crippen LogP contribution in [-0.2, 0) is 6.42 Å². The molecule has 0 amide bonds. The van der Waals surface area contributed by atoms with Crippen LogP contribution in [0.5, 0.6) is 5.75 Å². The third-order valence-corrected chi connectivity index (χ3v) is 3.40. The Balaban J connectivity index is 2.17. The van der Waals surface area contributed by atoms with E-state index in [-0.39, 0.29) is 0 Å². The number of benzene rings is 1. The van der Waals surface area contributed by atoms with Crippen molar-refractivity contribution in [1.82, 2.24) is 0 Å². The molecular formula is C14H19NO2. The maximum atomic E-state index is 8.91. The number of rotatable bonds is 4. The van der Waals surface area contributed by atoms with Crippen molar-refractivity contribution in [3.63, 3.8) is 0 Å². The van der Waals surface area contributed by atoms with E-state index in [1.807, 2.05) is 18.2 Å². The highest BCUT2D eigenvalue weighted by molar-refractivity contribution is 6.04. The van der Waals surface area contributed by atoms with Crippen molar-refractivity contribution in [3.8, 4) is 5.75 Å². The Hall–Kier alpha value is -1.51. The summed E-state index contributed by atoms with van der Waals surface area (Å²) in [7, 11) is 0. The normalized spacial score (nSPS) is 18.1. The first-order valence-corrected chi connectivity index (χ1v) is 6.22. The molecule has 2 rings (SSSR count). The van der Waals surface area contributed by atoms with E-state index < -0.39 is 0 Å². The van der Waals surface area contributed by atoms with E-state index in [2.05, 4.69) is 19.0 Å². The van der Waals surface area contributed by atoms with Crippen molar-refractivity contribution in [2.45, 2.75) is 33.1 Å². The lowest BCUT2D eigenvalue weighted by Gasteiger charge is -2.13. The summed E-state index contributed by atoms with van der Waals surface area (Å²) in [6, 6.07) is 5.95. The van der Waals surface area contributed by atoms with Gasteiger partial charge >= 0.3 is 0 Å². The molecule has 1 N–H and O–H groups in total. The summed E-state index contributed by atoms with van der Waals surface area (Å²) >= 11 is 0. The smallest absolute Gasteiger partial charge is 0.123 e. The van der Waals surface area contributed by atoms with Crippen molar-refractivity contribution < 1.29 is 9.94 Å². The van der Waals surface area contributed by atoms with Crippen LogP contribution in [-0.4, -0.2) is 17.5 Å². The average Bonchev–Trinajstić information content (AvgIpc) is 2.79. The molecule has 0 heterocycles. The highest BCUT2D eigenvalue weighted by Gasteiger charge is 2.21. The van der Waals surface area contributed by atoms with Crippen LogP contribution < -0.4 is 4.74 Å². The summed E-state index contributed by atoms with van der Waals surface area (Å²) in [5.74, 6) is 1.51. The zero-order valence-electron chi connectivity index (χ0n) is 10.4. The van der Waals surface area contributed by atoms with Crippen molar-refractivity contribution in [2.24, 2.45) is 11.1 Å². The number of fused-ring (bicyclic) bond motifs is 1. The van der Waals surface area contributed by atoms with Crippen molar-refractivity contribution in [3.05, 3.63) is 29.3 Å². The molecule has 3 nitrogen and oxygen atoms in total. The molecule has 0 saturated carbocycles. The third kappa shape index (κ3) is 2.43. The maximum Gasteiger partial charge on any atom is 0.123 e. The molecule has 0 aromatic heterocycles. The number of hydrogen-bond donors (Lipinski definition) is 1. The third-order valence-electron chi connectivity index (χ3n) is 3.40. The van der Waals surface area contributed by atoms with Gasteiger partial charge in [0, 0.05) is 11.1 Å². The summed E-state index contributed by atoms with van der Waals surface area (Å²) in [5.41, 5.74) is 2.99. The monoisotopic (exact) mass is 233 g/mol. The Morgan fingerprint density at radius 2 is 2.24 bits per heavy atom. The molecule has 3 heteroatoms. The Morgan fingerprint density at radius 3 is 2.94 bits per heavy atom. The molecule has 92 valence electrons. The van der Waals surface area contributed by atoms with Gasteiger partial charge in [0.05, 0.1) is 12.3 Å². The van der Waals surface area contributed by atoms with E-state index in [1.165, 1.54) is 5.56 Å². The summed E-state index contributed by atoms with van der Waals surface area (Å²) in [6.07, 6.45) is 2.83. The number of oxime groups is 1. The second-order valence-electron chi connectivity index (χ2n) is 4.65. The maximum absolute atomic E-state index is 8.91. The molecule has 1 aromatic rings. The van der Waals surface area contributed by atoms with Crippen LogP contribution in [0.4, 0.5) is 0 Å². The van der Waals surface area contributed by atoms with E-state index in [4.69, 9.17) is 9.94 Å². The predicted octanol–water partition coefficient (Wildman–Crippen LogP) is 3.24. The van der Waals surface area contributed by atoms with Crippen LogP contribution in [0.25, 0.3) is 0 Å². The highest BCUT2D eigenvalue weighted by Crippen LogP contribution is 2.31. The first-order valence-electron chi connectivity index (χ1n) is 6.22. The van der Waals surface area contributed by atoms with Gasteiger partial charge in [0.15, 0.2) is 0 Å². The molecular weight excluding hydrogens is 214 g/mol. The van der Waals surface area contributed by atoms with Crippen LogP contribution in [0.2, 0.25) is 0 Å². The Bertz CT molecular complexity index is 426. The minimum absolute atomic E-state index is 0.568. The molecule has 0 saturated heterocycles. The van der Waals surface area contributed by atoms with Gasteiger partial charge in [-0.25, -0.2) is 0 Å². The van der Waals surface area contributed by atoms with Crippen LogP contribution >= 0.6 is 0 Å². The highest BCUT2D eigenvalue weighted by atomic mass is 16.5. The van der Waals surface area contributed by atoms with Gasteiger partial charge in [-0.15, -0.1) is 0 Å². The van der Waals surface area contributed by atoms with Gasteiger partial charge < -0.3 is 9.94 Å². The van der Waals surface area contributed by atoms with Gasteiger partial charge in [0.1, 0.15) is 5.75 Å². The first-order chi connectivity index (χ1) is 8.26. The molecule has 1 atom stereocenters. The molecule has 0 bridgehead atoms. The summed E-state index contributed by atoms with van der Waals surface area (Å²) < 4.78 is 5.86. The van der Waals surface area contributed by atoms with Crippen molar-refractivity contribution >= 4 is 5.71 Å². The van der Waals surface area contributed by atoms with Gasteiger partial charge in [-0.2, -0.15) is 0 Å². The SMILES string of the molecule is CCC(C)COc1cccc2c1CCC2=NO. The summed E-state index contributed by atoms with van der Waals surface area (Å²) in [4.78, 5) is 0. The van der Waals surface area contributed by atoms with Gasteiger partial charge in [-0.1, -0.05) is 37.6 Å². The van der Waals surface area contributed by atoms with E-state index in [0.717, 1.165) is 42.9 Å². The van der Waals surface area contributed by atoms with E-state index >= 15 is 0 Å². The molecule has 1 aromatic carbocycles. The summed E-state index contributed by atoms with van der Waals surface area (Å²) in [5, 5.41) is 12.2. The largest absolute Gasteiger partial charge is 0.493 e. The summed E-state index contributed by atoms with van der Waals surface area (Å²) in [6.45, 7) is 5.10. The number of nitrogens with zero attached hydrogens (tertiary/aromatic N) is 1. The van der Waals surface area contributed by atoms with E-state index in [1.54, 1.807) is 0 Å². The zero-order valence-corrected chi connectivity index (χ0v) is 10.4. The van der Waals surface area contributed by atoms with Crippen molar-refractivity contribution in [2.75, 3.05) is 6.61 Å². The Kier molecular flexibility index (Phi) is 3.67. The lowest BCUT2D eigenvalue weighted by Crippen LogP contribution is -2.08. The fourth-order valence-electron chi connectivity index (χ4n) is 2.06. The van der Waals surface area contributed by atoms with Gasteiger partial charge in [0.2, 0.25) is 0 Å². The van der Waals surface area contributed by atoms with Crippen LogP contribution in [0.3, 0.4) is 0 Å². The van der Waals surface area contributed by atoms with Gasteiger partial charge in [-0.05, 0) is 24.8 Å². The van der Waals surface area contributed by atoms with Gasteiger partial charge in [0.25, 0.3) is 0 Å². The minimum Gasteiger partial charge on any atom is -0.493 e. The Labute approximate surface area is 102 Å². The van der Waals surface area contributed by atoms with Crippen LogP contribution in [0.15, 0.2) is 23.4 Å². The Morgan fingerprint density at radius 1 is 1.41 bits per heavy atom. The molecule has 1 aliphatic carbocycles. The number of ether oxygens (including phenoxy) is 1. The second kappa shape index (κ2) is 5.21. The fraction of sp³-hybridized carbons (Fsp3) is 0.500. The first kappa shape index (κ1) is 12.0. The lowest BCUT2D eigenvalue weighted by atomic mass is 10.1. The van der Waals surface area contributed by atoms with Crippen molar-refractivity contribution in [1.29, 1.82) is 0 Å². The van der Waals surface area contributed by atoms with Gasteiger partial charge in [-0.3, -0.25) is 0 Å². The molecule has 17 heavy (non-hydrogen) atoms. The van der Waals surface area contributed by atoms with Crippen LogP contribution in [0, 0.1) is 5.92 Å². The average molecular weight is 233 g/mol. The molecule has 1 aliphatic rings. The zero-order chi connectivity index (χ0) is 12.3. The second-order valence-corrected chi connectivity index (χ2v) is 4.65. The minimum atomic E-state index is 0.568. The van der Waals surface area contributed by atoms with E-state index in [0.29, 0.717) is 5.92 Å². The van der Waals surface area contributed by atoms with E-state index in [9.17, 15) is 0 Å². The topological polar surface area (TPSA) is 41.8 Å². The molecule has 0 aliphatic heterocycles. The quantitative estimate of drug-likeness (QED) is 0.640. The number of hydrogen-bond acceptors (Lipinski definition) is 3.